The number of hydrogen-bond donors (Lipinski definition) is 1. The summed E-state index contributed by atoms with van der Waals surface area (Å²) in [6, 6.07) is 34.2. The van der Waals surface area contributed by atoms with Crippen LogP contribution in [0.15, 0.2) is 97.1 Å². The van der Waals surface area contributed by atoms with Gasteiger partial charge in [-0.25, -0.2) is 4.79 Å². The SMILES string of the molecule is C.C.C.CN1CCN(C2c3ccccc3C=C(CO)c3ccccc32)CC1.COC(=O)C1=Cc2ccccc2C(N2CCN(C)CC2)c2ccccc21. The van der Waals surface area contributed by atoms with Gasteiger partial charge < -0.3 is 19.6 Å². The minimum Gasteiger partial charge on any atom is -0.465 e. The molecule has 4 aromatic rings. The largest absolute Gasteiger partial charge is 0.465 e. The Labute approximate surface area is 318 Å². The number of esters is 1. The van der Waals surface area contributed by atoms with Crippen LogP contribution in [0.5, 0.6) is 0 Å². The number of aliphatic hydroxyl groups is 1. The van der Waals surface area contributed by atoms with Crippen LogP contribution >= 0.6 is 0 Å². The maximum atomic E-state index is 12.5. The van der Waals surface area contributed by atoms with E-state index in [2.05, 4.69) is 119 Å². The van der Waals surface area contributed by atoms with E-state index in [0.717, 1.165) is 69.1 Å². The number of carbonyl (C=O) groups is 1. The van der Waals surface area contributed by atoms with Gasteiger partial charge in [-0.1, -0.05) is 119 Å². The van der Waals surface area contributed by atoms with Crippen LogP contribution in [0.2, 0.25) is 0 Å². The molecule has 282 valence electrons. The molecular formula is C46H60N4O3. The molecule has 0 amide bonds. The van der Waals surface area contributed by atoms with Crippen molar-refractivity contribution in [2.24, 2.45) is 0 Å². The highest BCUT2D eigenvalue weighted by Crippen LogP contribution is 2.41. The molecule has 7 nitrogen and oxygen atoms in total. The van der Waals surface area contributed by atoms with Gasteiger partial charge in [-0.3, -0.25) is 9.80 Å². The maximum absolute atomic E-state index is 12.5. The normalized spacial score (nSPS) is 19.8. The van der Waals surface area contributed by atoms with E-state index < -0.39 is 0 Å². The molecule has 7 heteroatoms. The fraction of sp³-hybridized carbons (Fsp3) is 0.370. The molecule has 0 aromatic heterocycles. The lowest BCUT2D eigenvalue weighted by atomic mass is 9.91. The van der Waals surface area contributed by atoms with Gasteiger partial charge in [-0.2, -0.15) is 0 Å². The number of benzene rings is 4. The Balaban J connectivity index is 0.000000225. The molecule has 8 rings (SSSR count). The highest BCUT2D eigenvalue weighted by molar-refractivity contribution is 6.22. The number of rotatable bonds is 4. The average Bonchev–Trinajstić information content (AvgIpc) is 3.40. The van der Waals surface area contributed by atoms with Crippen LogP contribution in [0.3, 0.4) is 0 Å². The van der Waals surface area contributed by atoms with Gasteiger partial charge in [-0.15, -0.1) is 0 Å². The van der Waals surface area contributed by atoms with Crippen LogP contribution in [0.1, 0.15) is 78.9 Å². The average molecular weight is 717 g/mol. The summed E-state index contributed by atoms with van der Waals surface area (Å²) in [7, 11) is 5.81. The molecular weight excluding hydrogens is 657 g/mol. The van der Waals surface area contributed by atoms with Crippen molar-refractivity contribution in [2.45, 2.75) is 34.4 Å². The molecule has 2 aliphatic carbocycles. The first-order chi connectivity index (χ1) is 24.5. The van der Waals surface area contributed by atoms with E-state index in [1.165, 1.54) is 40.5 Å². The minimum atomic E-state index is -0.286. The lowest BCUT2D eigenvalue weighted by molar-refractivity contribution is -0.133. The molecule has 0 bridgehead atoms. The third-order valence-electron chi connectivity index (χ3n) is 10.7. The predicted molar refractivity (Wildman–Crippen MR) is 223 cm³/mol. The number of aliphatic hydroxyl groups excluding tert-OH is 1. The van der Waals surface area contributed by atoms with Crippen LogP contribution in [0.4, 0.5) is 0 Å². The van der Waals surface area contributed by atoms with Crippen molar-refractivity contribution in [1.82, 2.24) is 19.6 Å². The molecule has 2 unspecified atom stereocenters. The number of nitrogens with zero attached hydrogens (tertiary/aromatic N) is 4. The molecule has 4 aromatic carbocycles. The zero-order valence-corrected chi connectivity index (χ0v) is 29.5. The number of methoxy groups -OCH3 is 1. The molecule has 0 spiro atoms. The van der Waals surface area contributed by atoms with Gasteiger partial charge in [0.1, 0.15) is 0 Å². The quantitative estimate of drug-likeness (QED) is 0.216. The molecule has 0 saturated carbocycles. The first-order valence-corrected chi connectivity index (χ1v) is 17.8. The molecule has 2 saturated heterocycles. The van der Waals surface area contributed by atoms with Crippen molar-refractivity contribution in [2.75, 3.05) is 80.2 Å². The highest BCUT2D eigenvalue weighted by Gasteiger charge is 2.33. The number of carbonyl (C=O) groups excluding carboxylic acids is 1. The maximum Gasteiger partial charge on any atom is 0.338 e. The van der Waals surface area contributed by atoms with Gasteiger partial charge in [0.05, 0.1) is 31.4 Å². The van der Waals surface area contributed by atoms with Gasteiger partial charge in [0.15, 0.2) is 0 Å². The molecule has 1 N–H and O–H groups in total. The topological polar surface area (TPSA) is 59.5 Å². The predicted octanol–water partition coefficient (Wildman–Crippen LogP) is 7.83. The Morgan fingerprint density at radius 1 is 0.585 bits per heavy atom. The fourth-order valence-electron chi connectivity index (χ4n) is 7.98. The summed E-state index contributed by atoms with van der Waals surface area (Å²) >= 11 is 0. The molecule has 4 aliphatic rings. The third-order valence-corrected chi connectivity index (χ3v) is 10.7. The second kappa shape index (κ2) is 18.6. The van der Waals surface area contributed by atoms with Crippen molar-refractivity contribution in [3.8, 4) is 0 Å². The summed E-state index contributed by atoms with van der Waals surface area (Å²) in [5.74, 6) is -0.286. The van der Waals surface area contributed by atoms with Gasteiger partial charge in [-0.05, 0) is 76.3 Å². The van der Waals surface area contributed by atoms with Gasteiger partial charge in [0.2, 0.25) is 0 Å². The third kappa shape index (κ3) is 8.56. The molecule has 2 atom stereocenters. The highest BCUT2D eigenvalue weighted by atomic mass is 16.5. The van der Waals surface area contributed by atoms with Gasteiger partial charge in [0, 0.05) is 52.4 Å². The zero-order valence-electron chi connectivity index (χ0n) is 29.5. The van der Waals surface area contributed by atoms with Gasteiger partial charge in [0.25, 0.3) is 0 Å². The molecule has 2 fully saturated rings. The summed E-state index contributed by atoms with van der Waals surface area (Å²) in [4.78, 5) is 22.4. The Bertz CT molecular complexity index is 1890. The molecule has 0 radical (unpaired) electrons. The lowest BCUT2D eigenvalue weighted by Gasteiger charge is -2.39. The van der Waals surface area contributed by atoms with E-state index in [-0.39, 0.29) is 46.9 Å². The van der Waals surface area contributed by atoms with E-state index in [1.807, 2.05) is 24.3 Å². The van der Waals surface area contributed by atoms with Crippen LogP contribution in [-0.2, 0) is 9.53 Å². The monoisotopic (exact) mass is 716 g/mol. The van der Waals surface area contributed by atoms with Crippen molar-refractivity contribution in [3.63, 3.8) is 0 Å². The smallest absolute Gasteiger partial charge is 0.338 e. The molecule has 2 heterocycles. The second-order valence-corrected chi connectivity index (χ2v) is 13.8. The van der Waals surface area contributed by atoms with E-state index in [0.29, 0.717) is 5.57 Å². The fourth-order valence-corrected chi connectivity index (χ4v) is 7.98. The first-order valence-electron chi connectivity index (χ1n) is 17.8. The molecule has 53 heavy (non-hydrogen) atoms. The first kappa shape index (κ1) is 41.4. The van der Waals surface area contributed by atoms with E-state index in [4.69, 9.17) is 4.74 Å². The summed E-state index contributed by atoms with van der Waals surface area (Å²) in [6.45, 7) is 8.53. The van der Waals surface area contributed by atoms with Crippen molar-refractivity contribution >= 4 is 29.3 Å². The van der Waals surface area contributed by atoms with E-state index in [1.54, 1.807) is 0 Å². The van der Waals surface area contributed by atoms with E-state index >= 15 is 0 Å². The lowest BCUT2D eigenvalue weighted by Crippen LogP contribution is -2.46. The van der Waals surface area contributed by atoms with E-state index in [9.17, 15) is 9.90 Å². The Morgan fingerprint density at radius 2 is 0.981 bits per heavy atom. The summed E-state index contributed by atoms with van der Waals surface area (Å²) in [5, 5.41) is 9.93. The number of ether oxygens (including phenoxy) is 1. The Morgan fingerprint density at radius 3 is 1.45 bits per heavy atom. The second-order valence-electron chi connectivity index (χ2n) is 13.8. The minimum absolute atomic E-state index is 0. The van der Waals surface area contributed by atoms with Crippen molar-refractivity contribution < 1.29 is 14.6 Å². The summed E-state index contributed by atoms with van der Waals surface area (Å²) in [5.41, 5.74) is 11.2. The number of piperazine rings is 2. The van der Waals surface area contributed by atoms with Crippen LogP contribution in [0.25, 0.3) is 23.3 Å². The van der Waals surface area contributed by atoms with Crippen molar-refractivity contribution in [1.29, 1.82) is 0 Å². The number of fused-ring (bicyclic) bond motifs is 4. The van der Waals surface area contributed by atoms with Crippen molar-refractivity contribution in [3.05, 3.63) is 142 Å². The summed E-state index contributed by atoms with van der Waals surface area (Å²) in [6.07, 6.45) is 4.14. The van der Waals surface area contributed by atoms with Crippen LogP contribution in [-0.4, -0.2) is 111 Å². The standard InChI is InChI=1S/C22H24N2O2.C21H24N2O.3CH4/c1-23-11-13-24(14-12-23)21-17-8-4-3-7-16(17)15-20(22(25)26-2)18-9-5-6-10-19(18)21;1-22-10-12-23(13-11-22)21-19-8-3-2-6-16(19)14-17(15-24)18-7-4-5-9-20(18)21;;;/h3-10,15,21H,11-14H2,1-2H3;2-9,14,21,24H,10-13,15H2,1H3;3*1H4. The summed E-state index contributed by atoms with van der Waals surface area (Å²) < 4.78 is 5.08. The van der Waals surface area contributed by atoms with Crippen LogP contribution < -0.4 is 0 Å². The Kier molecular flexibility index (Phi) is 14.5. The van der Waals surface area contributed by atoms with Gasteiger partial charge >= 0.3 is 5.97 Å². The molecule has 2 aliphatic heterocycles. The number of likely N-dealkylation sites (N-methyl/N-ethyl adjacent to an activating group) is 2. The zero-order chi connectivity index (χ0) is 34.6. The van der Waals surface area contributed by atoms with Crippen LogP contribution in [0, 0.1) is 0 Å². The Hall–Kier alpha value is -4.37. The number of hydrogen-bond acceptors (Lipinski definition) is 7.